The van der Waals surface area contributed by atoms with Crippen LogP contribution in [0.5, 0.6) is 0 Å². The summed E-state index contributed by atoms with van der Waals surface area (Å²) in [7, 11) is 0. The zero-order valence-electron chi connectivity index (χ0n) is 9.94. The van der Waals surface area contributed by atoms with Crippen molar-refractivity contribution in [3.05, 3.63) is 10.5 Å². The van der Waals surface area contributed by atoms with Crippen LogP contribution in [-0.2, 0) is 11.3 Å². The van der Waals surface area contributed by atoms with Gasteiger partial charge in [-0.2, -0.15) is 0 Å². The Labute approximate surface area is 104 Å². The zero-order chi connectivity index (χ0) is 12.3. The molecule has 2 rings (SSSR count). The summed E-state index contributed by atoms with van der Waals surface area (Å²) in [6.45, 7) is 2.66. The summed E-state index contributed by atoms with van der Waals surface area (Å²) in [5.41, 5.74) is -0.183. The highest BCUT2D eigenvalue weighted by molar-refractivity contribution is 8.00. The van der Waals surface area contributed by atoms with Crippen LogP contribution < -0.4 is 5.69 Å². The van der Waals surface area contributed by atoms with Crippen LogP contribution >= 0.6 is 11.8 Å². The lowest BCUT2D eigenvalue weighted by atomic mass is 9.99. The number of hydrogen-bond donors (Lipinski definition) is 1. The average Bonchev–Trinajstić information content (AvgIpc) is 2.65. The van der Waals surface area contributed by atoms with E-state index < -0.39 is 0 Å². The van der Waals surface area contributed by atoms with Gasteiger partial charge < -0.3 is 0 Å². The van der Waals surface area contributed by atoms with Crippen molar-refractivity contribution in [3.63, 3.8) is 0 Å². The molecule has 0 amide bonds. The summed E-state index contributed by atoms with van der Waals surface area (Å²) in [5, 5.41) is 7.08. The Hall–Kier alpha value is -1.04. The first-order valence-electron chi connectivity index (χ1n) is 6.07. The Balaban J connectivity index is 2.12. The largest absolute Gasteiger partial charge is 0.343 e. The van der Waals surface area contributed by atoms with Crippen LogP contribution in [0.3, 0.4) is 0 Å². The number of aromatic amines is 1. The van der Waals surface area contributed by atoms with Gasteiger partial charge >= 0.3 is 5.69 Å². The molecule has 1 fully saturated rings. The SMILES string of the molecule is CCCn1c(SC2CCCCC2=O)n[nH]c1=O. The summed E-state index contributed by atoms with van der Waals surface area (Å²) in [4.78, 5) is 23.2. The van der Waals surface area contributed by atoms with Gasteiger partial charge in [-0.3, -0.25) is 9.36 Å². The van der Waals surface area contributed by atoms with Crippen LogP contribution in [0.15, 0.2) is 9.95 Å². The van der Waals surface area contributed by atoms with Crippen molar-refractivity contribution in [1.82, 2.24) is 14.8 Å². The second-order valence-corrected chi connectivity index (χ2v) is 5.45. The van der Waals surface area contributed by atoms with E-state index in [1.165, 1.54) is 11.8 Å². The first kappa shape index (κ1) is 12.4. The number of H-pyrrole nitrogens is 1. The van der Waals surface area contributed by atoms with Crippen molar-refractivity contribution in [2.24, 2.45) is 0 Å². The Morgan fingerprint density at radius 2 is 2.29 bits per heavy atom. The first-order chi connectivity index (χ1) is 8.22. The van der Waals surface area contributed by atoms with E-state index in [1.54, 1.807) is 4.57 Å². The molecule has 1 saturated carbocycles. The number of nitrogens with zero attached hydrogens (tertiary/aromatic N) is 2. The third-order valence-electron chi connectivity index (χ3n) is 2.92. The van der Waals surface area contributed by atoms with Crippen molar-refractivity contribution >= 4 is 17.5 Å². The molecule has 6 heteroatoms. The molecule has 1 N–H and O–H groups in total. The minimum atomic E-state index is -0.183. The van der Waals surface area contributed by atoms with Crippen molar-refractivity contribution in [2.75, 3.05) is 0 Å². The summed E-state index contributed by atoms with van der Waals surface area (Å²) in [5.74, 6) is 0.291. The van der Waals surface area contributed by atoms with Gasteiger partial charge in [0.25, 0.3) is 0 Å². The monoisotopic (exact) mass is 255 g/mol. The Morgan fingerprint density at radius 3 is 3.00 bits per heavy atom. The Kier molecular flexibility index (Phi) is 4.04. The van der Waals surface area contributed by atoms with Gasteiger partial charge in [-0.05, 0) is 19.3 Å². The quantitative estimate of drug-likeness (QED) is 0.887. The molecule has 17 heavy (non-hydrogen) atoms. The van der Waals surface area contributed by atoms with E-state index >= 15 is 0 Å². The lowest BCUT2D eigenvalue weighted by Gasteiger charge is -2.19. The van der Waals surface area contributed by atoms with E-state index in [0.717, 1.165) is 25.7 Å². The fourth-order valence-electron chi connectivity index (χ4n) is 2.02. The predicted molar refractivity (Wildman–Crippen MR) is 66.3 cm³/mol. The highest BCUT2D eigenvalue weighted by Gasteiger charge is 2.25. The maximum Gasteiger partial charge on any atom is 0.343 e. The number of rotatable bonds is 4. The van der Waals surface area contributed by atoms with Crippen molar-refractivity contribution in [1.29, 1.82) is 0 Å². The number of thioether (sulfide) groups is 1. The topological polar surface area (TPSA) is 67.8 Å². The van der Waals surface area contributed by atoms with Crippen molar-refractivity contribution < 1.29 is 4.79 Å². The highest BCUT2D eigenvalue weighted by atomic mass is 32.2. The number of nitrogens with one attached hydrogen (secondary N) is 1. The number of aromatic nitrogens is 3. The van der Waals surface area contributed by atoms with Gasteiger partial charge in [0.05, 0.1) is 5.25 Å². The maximum atomic E-state index is 11.7. The van der Waals surface area contributed by atoms with E-state index in [9.17, 15) is 9.59 Å². The van der Waals surface area contributed by atoms with Gasteiger partial charge in [-0.1, -0.05) is 25.1 Å². The summed E-state index contributed by atoms with van der Waals surface area (Å²) in [6, 6.07) is 0. The van der Waals surface area contributed by atoms with Crippen LogP contribution in [0.25, 0.3) is 0 Å². The van der Waals surface area contributed by atoms with Gasteiger partial charge in [-0.25, -0.2) is 9.89 Å². The molecule has 5 nitrogen and oxygen atoms in total. The lowest BCUT2D eigenvalue weighted by molar-refractivity contribution is -0.119. The molecule has 0 radical (unpaired) electrons. The molecule has 1 unspecified atom stereocenters. The third-order valence-corrected chi connectivity index (χ3v) is 4.22. The van der Waals surface area contributed by atoms with Crippen LogP contribution in [0, 0.1) is 0 Å². The normalized spacial score (nSPS) is 20.8. The summed E-state index contributed by atoms with van der Waals surface area (Å²) < 4.78 is 1.62. The van der Waals surface area contributed by atoms with E-state index in [4.69, 9.17) is 0 Å². The van der Waals surface area contributed by atoms with E-state index in [1.807, 2.05) is 6.92 Å². The molecule has 0 aromatic carbocycles. The molecule has 0 spiro atoms. The van der Waals surface area contributed by atoms with Crippen LogP contribution in [0.2, 0.25) is 0 Å². The van der Waals surface area contributed by atoms with Crippen molar-refractivity contribution in [3.8, 4) is 0 Å². The fraction of sp³-hybridized carbons (Fsp3) is 0.727. The molecule has 94 valence electrons. The molecule has 0 aliphatic heterocycles. The number of hydrogen-bond acceptors (Lipinski definition) is 4. The zero-order valence-corrected chi connectivity index (χ0v) is 10.8. The minimum Gasteiger partial charge on any atom is -0.298 e. The molecule has 1 aliphatic carbocycles. The second kappa shape index (κ2) is 5.53. The van der Waals surface area contributed by atoms with Gasteiger partial charge in [-0.15, -0.1) is 5.10 Å². The van der Waals surface area contributed by atoms with Gasteiger partial charge in [0, 0.05) is 13.0 Å². The molecule has 0 bridgehead atoms. The van der Waals surface area contributed by atoms with E-state index in [2.05, 4.69) is 10.2 Å². The average molecular weight is 255 g/mol. The molecule has 0 saturated heterocycles. The first-order valence-corrected chi connectivity index (χ1v) is 6.95. The third kappa shape index (κ3) is 2.80. The predicted octanol–water partition coefficient (Wildman–Crippen LogP) is 1.59. The molecular weight excluding hydrogens is 238 g/mol. The van der Waals surface area contributed by atoms with Gasteiger partial charge in [0.2, 0.25) is 0 Å². The van der Waals surface area contributed by atoms with Crippen LogP contribution in [0.4, 0.5) is 0 Å². The van der Waals surface area contributed by atoms with Crippen molar-refractivity contribution in [2.45, 2.75) is 56.0 Å². The molecular formula is C11H17N3O2S. The molecule has 1 aliphatic rings. The summed E-state index contributed by atoms with van der Waals surface area (Å²) in [6.07, 6.45) is 4.53. The summed E-state index contributed by atoms with van der Waals surface area (Å²) >= 11 is 1.43. The molecule has 1 heterocycles. The number of carbonyl (C=O) groups is 1. The van der Waals surface area contributed by atoms with Gasteiger partial charge in [0.1, 0.15) is 5.78 Å². The molecule has 1 aromatic rings. The van der Waals surface area contributed by atoms with Crippen LogP contribution in [0.1, 0.15) is 39.0 Å². The maximum absolute atomic E-state index is 11.7. The standard InChI is InChI=1S/C11H17N3O2S/c1-2-7-14-10(16)12-13-11(14)17-9-6-4-3-5-8(9)15/h9H,2-7H2,1H3,(H,12,16). The number of ketones is 1. The molecule has 1 aromatic heterocycles. The Bertz CT molecular complexity index is 452. The van der Waals surface area contributed by atoms with Gasteiger partial charge in [0.15, 0.2) is 5.16 Å². The number of carbonyl (C=O) groups excluding carboxylic acids is 1. The lowest BCUT2D eigenvalue weighted by Crippen LogP contribution is -2.23. The second-order valence-electron chi connectivity index (χ2n) is 4.28. The number of Topliss-reactive ketones (excluding diaryl/α,β-unsaturated/α-hetero) is 1. The van der Waals surface area contributed by atoms with E-state index in [-0.39, 0.29) is 10.9 Å². The Morgan fingerprint density at radius 1 is 1.47 bits per heavy atom. The fourth-order valence-corrected chi connectivity index (χ4v) is 3.20. The van der Waals surface area contributed by atoms with E-state index in [0.29, 0.717) is 23.9 Å². The van der Waals surface area contributed by atoms with Crippen LogP contribution in [-0.4, -0.2) is 25.8 Å². The minimum absolute atomic E-state index is 0.0189. The smallest absolute Gasteiger partial charge is 0.298 e. The molecule has 1 atom stereocenters. The highest BCUT2D eigenvalue weighted by Crippen LogP contribution is 2.29.